The van der Waals surface area contributed by atoms with Crippen LogP contribution in [0.2, 0.25) is 0 Å². The molecule has 0 aromatic carbocycles. The second-order valence-electron chi connectivity index (χ2n) is 6.51. The molecule has 0 saturated carbocycles. The average molecular weight is 458 g/mol. The molecule has 0 N–H and O–H groups in total. The Morgan fingerprint density at radius 2 is 0.640 bits per heavy atom. The fourth-order valence-corrected chi connectivity index (χ4v) is 31.5. The number of hydrogen-bond acceptors (Lipinski definition) is 0. The van der Waals surface area contributed by atoms with Gasteiger partial charge in [-0.15, -0.1) is 0 Å². The van der Waals surface area contributed by atoms with Gasteiger partial charge in [-0.2, -0.15) is 28.2 Å². The predicted molar refractivity (Wildman–Crippen MR) is 117 cm³/mol. The van der Waals surface area contributed by atoms with Gasteiger partial charge in [0, 0.05) is 0 Å². The molecule has 0 atom stereocenters. The van der Waals surface area contributed by atoms with Crippen molar-refractivity contribution in [2.75, 3.05) is 28.2 Å². The molecular weight excluding hydrogens is 421 g/mol. The molecule has 140 valence electrons. The average Bonchev–Trinajstić information content (AvgIpc) is 2.86. The van der Waals surface area contributed by atoms with Crippen LogP contribution in [-0.2, 0) is 22.1 Å². The van der Waals surface area contributed by atoms with E-state index in [9.17, 15) is 0 Å². The van der Waals surface area contributed by atoms with Crippen molar-refractivity contribution in [2.45, 2.75) is 55.4 Å². The van der Waals surface area contributed by atoms with Crippen LogP contribution in [0, 0.1) is 55.4 Å². The number of rotatable bonds is 2. The molecule has 2 nitrogen and oxygen atoms in total. The van der Waals surface area contributed by atoms with Crippen molar-refractivity contribution in [2.24, 2.45) is 0 Å². The minimum absolute atomic E-state index is 0.141. The molecule has 0 saturated heterocycles. The van der Waals surface area contributed by atoms with E-state index in [0.29, 0.717) is 0 Å². The Morgan fingerprint density at radius 1 is 0.480 bits per heavy atom. The SMILES string of the molecule is C[N-]C.C[N-]C.Cc1c(C)c(C)[p]([Zr+2][p]2c(C)c(C)c(C)c2C)c1C. The number of nitrogens with zero attached hydrogens (tertiary/aromatic N) is 2. The molecule has 0 bridgehead atoms. The Kier molecular flexibility index (Phi) is 12.1. The van der Waals surface area contributed by atoms with E-state index in [4.69, 9.17) is 0 Å². The van der Waals surface area contributed by atoms with Gasteiger partial charge in [-0.25, -0.2) is 0 Å². The second-order valence-corrected chi connectivity index (χ2v) is 22.4. The summed E-state index contributed by atoms with van der Waals surface area (Å²) in [6.45, 7) is 19.0. The Bertz CT molecular complexity index is 576. The van der Waals surface area contributed by atoms with Gasteiger partial charge in [0.05, 0.1) is 0 Å². The Hall–Kier alpha value is 0.363. The fourth-order valence-electron chi connectivity index (χ4n) is 2.66. The van der Waals surface area contributed by atoms with Gasteiger partial charge in [0.1, 0.15) is 0 Å². The first-order valence-electron chi connectivity index (χ1n) is 8.63. The Morgan fingerprint density at radius 3 is 0.800 bits per heavy atom. The van der Waals surface area contributed by atoms with E-state index >= 15 is 0 Å². The summed E-state index contributed by atoms with van der Waals surface area (Å²) >= 11 is -0.379. The predicted octanol–water partition coefficient (Wildman–Crippen LogP) is 7.68. The monoisotopic (exact) mass is 456 g/mol. The standard InChI is InChI=1S/2C8H12P.2C2H6N.Zr/c2*1-5-6(2)8(4)9-7(5)3;2*1-3-2;/h2*1-4H3;2*1-2H3;/q4*-1;+4. The van der Waals surface area contributed by atoms with Crippen molar-refractivity contribution in [3.05, 3.63) is 54.1 Å². The molecule has 0 unspecified atom stereocenters. The summed E-state index contributed by atoms with van der Waals surface area (Å²) in [6, 6.07) is 0. The van der Waals surface area contributed by atoms with Crippen molar-refractivity contribution in [3.63, 3.8) is 0 Å². The van der Waals surface area contributed by atoms with Gasteiger partial charge in [0.2, 0.25) is 0 Å². The summed E-state index contributed by atoms with van der Waals surface area (Å²) in [7, 11) is 7.00. The first-order chi connectivity index (χ1) is 11.6. The van der Waals surface area contributed by atoms with Crippen LogP contribution in [-0.4, -0.2) is 28.2 Å². The third-order valence-corrected chi connectivity index (χ3v) is 29.2. The summed E-state index contributed by atoms with van der Waals surface area (Å²) in [5.74, 6) is 0. The van der Waals surface area contributed by atoms with E-state index in [0.717, 1.165) is 0 Å². The van der Waals surface area contributed by atoms with E-state index in [1.54, 1.807) is 71.6 Å². The summed E-state index contributed by atoms with van der Waals surface area (Å²) in [5.41, 5.74) is 6.43. The maximum absolute atomic E-state index is 3.50. The molecule has 2 aromatic heterocycles. The van der Waals surface area contributed by atoms with Gasteiger partial charge in [0.25, 0.3) is 0 Å². The van der Waals surface area contributed by atoms with Crippen molar-refractivity contribution >= 4 is 9.65 Å². The zero-order valence-corrected chi connectivity index (χ0v) is 22.5. The zero-order chi connectivity index (χ0) is 19.9. The zero-order valence-electron chi connectivity index (χ0n) is 18.3. The van der Waals surface area contributed by atoms with Crippen LogP contribution in [0.4, 0.5) is 0 Å². The van der Waals surface area contributed by atoms with Gasteiger partial charge >= 0.3 is 131 Å². The van der Waals surface area contributed by atoms with Crippen LogP contribution in [0.5, 0.6) is 0 Å². The molecule has 0 amide bonds. The van der Waals surface area contributed by atoms with E-state index in [1.165, 1.54) is 0 Å². The van der Waals surface area contributed by atoms with Gasteiger partial charge in [-0.3, -0.25) is 0 Å². The van der Waals surface area contributed by atoms with Gasteiger partial charge < -0.3 is 10.6 Å². The van der Waals surface area contributed by atoms with Crippen LogP contribution in [0.15, 0.2) is 0 Å². The molecule has 0 aliphatic heterocycles. The molecule has 0 aliphatic carbocycles. The van der Waals surface area contributed by atoms with Gasteiger partial charge in [0.15, 0.2) is 0 Å². The fraction of sp³-hybridized carbons (Fsp3) is 0.600. The third kappa shape index (κ3) is 6.19. The van der Waals surface area contributed by atoms with Gasteiger partial charge in [-0.1, -0.05) is 0 Å². The molecule has 2 heterocycles. The van der Waals surface area contributed by atoms with Crippen LogP contribution < -0.4 is 0 Å². The molecule has 2 rings (SSSR count). The van der Waals surface area contributed by atoms with E-state index < -0.39 is 0 Å². The molecular formula is C20H36N2P2Zr. The molecule has 0 fully saturated rings. The number of hydrogen-bond donors (Lipinski definition) is 0. The summed E-state index contributed by atoms with van der Waals surface area (Å²) in [6.07, 6.45) is 0. The Balaban J connectivity index is 0.000000844. The summed E-state index contributed by atoms with van der Waals surface area (Å²) in [4.78, 5) is 0.282. The van der Waals surface area contributed by atoms with Crippen LogP contribution in [0.1, 0.15) is 43.4 Å². The van der Waals surface area contributed by atoms with Crippen LogP contribution in [0.3, 0.4) is 0 Å². The van der Waals surface area contributed by atoms with E-state index in [1.807, 2.05) is 0 Å². The van der Waals surface area contributed by atoms with Crippen molar-refractivity contribution in [1.82, 2.24) is 0 Å². The molecule has 2 aromatic rings. The van der Waals surface area contributed by atoms with Gasteiger partial charge in [-0.05, 0) is 0 Å². The van der Waals surface area contributed by atoms with Crippen LogP contribution >= 0.6 is 9.65 Å². The van der Waals surface area contributed by atoms with Crippen molar-refractivity contribution in [1.29, 1.82) is 0 Å². The molecule has 0 radical (unpaired) electrons. The van der Waals surface area contributed by atoms with Crippen molar-refractivity contribution in [3.8, 4) is 0 Å². The molecule has 0 spiro atoms. The maximum atomic E-state index is 3.50. The van der Waals surface area contributed by atoms with E-state index in [2.05, 4.69) is 66.0 Å². The molecule has 25 heavy (non-hydrogen) atoms. The first kappa shape index (κ1) is 25.4. The quantitative estimate of drug-likeness (QED) is 0.442. The normalized spacial score (nSPS) is 9.76. The van der Waals surface area contributed by atoms with Crippen molar-refractivity contribution < 1.29 is 22.1 Å². The first-order valence-corrected chi connectivity index (χ1v) is 17.9. The molecule has 0 aliphatic rings. The topological polar surface area (TPSA) is 28.2 Å². The third-order valence-electron chi connectivity index (χ3n) is 4.84. The minimum atomic E-state index is -0.379. The molecule has 5 heteroatoms. The Labute approximate surface area is 168 Å². The van der Waals surface area contributed by atoms with Crippen LogP contribution in [0.25, 0.3) is 10.6 Å². The second kappa shape index (κ2) is 11.9. The summed E-state index contributed by atoms with van der Waals surface area (Å²) in [5, 5.41) is 14.0. The summed E-state index contributed by atoms with van der Waals surface area (Å²) < 4.78 is 0. The van der Waals surface area contributed by atoms with E-state index in [-0.39, 0.29) is 31.7 Å².